The monoisotopic (exact) mass is 817 g/mol. The van der Waals surface area contributed by atoms with Crippen LogP contribution >= 0.6 is 0 Å². The van der Waals surface area contributed by atoms with Crippen LogP contribution in [-0.2, 0) is 20.7 Å². The van der Waals surface area contributed by atoms with Crippen molar-refractivity contribution in [1.29, 1.82) is 0 Å². The third-order valence-corrected chi connectivity index (χ3v) is 11.9. The summed E-state index contributed by atoms with van der Waals surface area (Å²) in [5.41, 5.74) is 4.08. The van der Waals surface area contributed by atoms with Crippen molar-refractivity contribution in [2.24, 2.45) is 0 Å². The lowest BCUT2D eigenvalue weighted by Crippen LogP contribution is -2.55. The molecule has 1 saturated heterocycles. The molecule has 0 aromatic heterocycles. The van der Waals surface area contributed by atoms with E-state index in [4.69, 9.17) is 14.2 Å². The van der Waals surface area contributed by atoms with Crippen LogP contribution in [0.25, 0.3) is 0 Å². The van der Waals surface area contributed by atoms with E-state index in [9.17, 15) is 19.2 Å². The Bertz CT molecular complexity index is 1650. The van der Waals surface area contributed by atoms with Crippen molar-refractivity contribution in [2.75, 3.05) is 47.0 Å². The molecule has 11 heteroatoms. The number of imide groups is 1. The first kappa shape index (κ1) is 47.3. The maximum absolute atomic E-state index is 14.1. The molecule has 0 bridgehead atoms. The van der Waals surface area contributed by atoms with Gasteiger partial charge in [-0.2, -0.15) is 0 Å². The molecule has 326 valence electrons. The highest BCUT2D eigenvalue weighted by atomic mass is 16.5. The Kier molecular flexibility index (Phi) is 20.8. The molecule has 11 nitrogen and oxygen atoms in total. The van der Waals surface area contributed by atoms with Gasteiger partial charge in [-0.3, -0.25) is 0 Å². The fourth-order valence-corrected chi connectivity index (χ4v) is 8.59. The Labute approximate surface area is 354 Å². The van der Waals surface area contributed by atoms with Gasteiger partial charge >= 0.3 is 24.0 Å². The molecule has 2 aliphatic heterocycles. The molecule has 1 fully saturated rings. The van der Waals surface area contributed by atoms with Crippen molar-refractivity contribution in [3.8, 4) is 5.75 Å². The van der Waals surface area contributed by atoms with Gasteiger partial charge in [-0.05, 0) is 100 Å². The van der Waals surface area contributed by atoms with E-state index in [1.165, 1.54) is 84.0 Å². The third-order valence-electron chi connectivity index (χ3n) is 11.9. The van der Waals surface area contributed by atoms with Crippen molar-refractivity contribution in [3.63, 3.8) is 0 Å². The standard InChI is InChI=1S/C48H72N4O7/c1-6-9-10-11-12-13-14-15-16-17-18-19-20-23-38-24-21-25-41(59-8-3)42(38)44-43(46(54)58-5)40(7-2)50-48(56)52(44)47(55)49-32-22-33-51-34-30-37(31-35-51)36-26-28-39(29-27-36)45(53)57-4/h21,24-29,37,44H,6-20,22-23,30-35H2,1-5H3,(H,49,55)(H,50,56). The lowest BCUT2D eigenvalue weighted by atomic mass is 9.87. The number of hydrogen-bond donors (Lipinski definition) is 2. The number of piperidine rings is 1. The Morgan fingerprint density at radius 1 is 0.763 bits per heavy atom. The summed E-state index contributed by atoms with van der Waals surface area (Å²) in [5, 5.41) is 5.83. The van der Waals surface area contributed by atoms with Crippen LogP contribution in [0.4, 0.5) is 9.59 Å². The van der Waals surface area contributed by atoms with Gasteiger partial charge in [-0.15, -0.1) is 0 Å². The zero-order valence-corrected chi connectivity index (χ0v) is 36.7. The van der Waals surface area contributed by atoms with Crippen LogP contribution < -0.4 is 15.4 Å². The lowest BCUT2D eigenvalue weighted by Gasteiger charge is -2.38. The average Bonchev–Trinajstić information content (AvgIpc) is 3.26. The summed E-state index contributed by atoms with van der Waals surface area (Å²) in [6, 6.07) is 11.3. The number of carbonyl (C=O) groups excluding carboxylic acids is 4. The third kappa shape index (κ3) is 14.1. The largest absolute Gasteiger partial charge is 0.493 e. The number of methoxy groups -OCH3 is 2. The number of nitrogens with zero attached hydrogens (tertiary/aromatic N) is 2. The molecule has 2 aromatic carbocycles. The summed E-state index contributed by atoms with van der Waals surface area (Å²) in [6.45, 7) is 9.44. The van der Waals surface area contributed by atoms with Crippen LogP contribution in [0.1, 0.15) is 169 Å². The van der Waals surface area contributed by atoms with Gasteiger partial charge < -0.3 is 29.7 Å². The topological polar surface area (TPSA) is 127 Å². The Hall–Kier alpha value is -4.38. The summed E-state index contributed by atoms with van der Waals surface area (Å²) in [4.78, 5) is 57.0. The molecule has 0 spiro atoms. The first-order valence-electron chi connectivity index (χ1n) is 22.6. The molecule has 4 rings (SSSR count). The van der Waals surface area contributed by atoms with E-state index >= 15 is 0 Å². The number of benzene rings is 2. The highest BCUT2D eigenvalue weighted by molar-refractivity contribution is 6.02. The van der Waals surface area contributed by atoms with Crippen molar-refractivity contribution < 1.29 is 33.4 Å². The molecule has 59 heavy (non-hydrogen) atoms. The number of likely N-dealkylation sites (tertiary alicyclic amines) is 1. The summed E-state index contributed by atoms with van der Waals surface area (Å²) in [6.07, 6.45) is 20.2. The van der Waals surface area contributed by atoms with Gasteiger partial charge in [0.2, 0.25) is 0 Å². The molecular formula is C48H72N4O7. The van der Waals surface area contributed by atoms with Crippen molar-refractivity contribution in [2.45, 2.75) is 148 Å². The van der Waals surface area contributed by atoms with Gasteiger partial charge in [0, 0.05) is 17.8 Å². The van der Waals surface area contributed by atoms with E-state index < -0.39 is 24.1 Å². The second kappa shape index (κ2) is 26.0. The Morgan fingerprint density at radius 3 is 1.95 bits per heavy atom. The number of ether oxygens (including phenoxy) is 3. The minimum Gasteiger partial charge on any atom is -0.493 e. The summed E-state index contributed by atoms with van der Waals surface area (Å²) in [7, 11) is 2.71. The molecule has 1 unspecified atom stereocenters. The fourth-order valence-electron chi connectivity index (χ4n) is 8.59. The molecule has 4 amide bonds. The van der Waals surface area contributed by atoms with E-state index in [2.05, 4.69) is 22.5 Å². The highest BCUT2D eigenvalue weighted by Crippen LogP contribution is 2.42. The van der Waals surface area contributed by atoms with Gasteiger partial charge in [0.1, 0.15) is 11.8 Å². The number of hydrogen-bond acceptors (Lipinski definition) is 8. The number of carbonyl (C=O) groups is 4. The number of allylic oxidation sites excluding steroid dienone is 1. The maximum atomic E-state index is 14.1. The van der Waals surface area contributed by atoms with E-state index in [0.29, 0.717) is 54.5 Å². The van der Waals surface area contributed by atoms with Crippen molar-refractivity contribution in [3.05, 3.63) is 76.0 Å². The second-order valence-electron chi connectivity index (χ2n) is 16.0. The van der Waals surface area contributed by atoms with Crippen LogP contribution in [0.15, 0.2) is 53.7 Å². The van der Waals surface area contributed by atoms with E-state index in [1.807, 2.05) is 56.3 Å². The average molecular weight is 817 g/mol. The second-order valence-corrected chi connectivity index (χ2v) is 16.0. The van der Waals surface area contributed by atoms with Gasteiger partial charge in [0.25, 0.3) is 0 Å². The Morgan fingerprint density at radius 2 is 1.37 bits per heavy atom. The quantitative estimate of drug-likeness (QED) is 0.0749. The van der Waals surface area contributed by atoms with Crippen LogP contribution in [0, 0.1) is 0 Å². The minimum atomic E-state index is -1.02. The molecule has 2 heterocycles. The normalized spacial score (nSPS) is 16.2. The first-order valence-corrected chi connectivity index (χ1v) is 22.6. The SMILES string of the molecule is CCCCCCCCCCCCCCCc1cccc(OCC)c1C1C(C(=O)OC)=C(CC)NC(=O)N1C(=O)NCCCN1CCC(c2ccc(C(=O)OC)cc2)CC1. The first-order chi connectivity index (χ1) is 28.8. The predicted molar refractivity (Wildman–Crippen MR) is 234 cm³/mol. The number of amides is 4. The number of unbranched alkanes of at least 4 members (excludes halogenated alkanes) is 12. The molecule has 0 radical (unpaired) electrons. The van der Waals surface area contributed by atoms with E-state index in [1.54, 1.807) is 0 Å². The van der Waals surface area contributed by atoms with Crippen LogP contribution in [0.5, 0.6) is 5.75 Å². The number of nitrogens with one attached hydrogen (secondary N) is 2. The predicted octanol–water partition coefficient (Wildman–Crippen LogP) is 10.4. The zero-order valence-electron chi connectivity index (χ0n) is 36.7. The van der Waals surface area contributed by atoms with Gasteiger partial charge in [-0.1, -0.05) is 115 Å². The molecule has 1 atom stereocenters. The van der Waals surface area contributed by atoms with Gasteiger partial charge in [-0.25, -0.2) is 24.1 Å². The zero-order chi connectivity index (χ0) is 42.4. The minimum absolute atomic E-state index is 0.242. The summed E-state index contributed by atoms with van der Waals surface area (Å²) in [5.74, 6) is 0.0510. The maximum Gasteiger partial charge on any atom is 0.338 e. The number of rotatable bonds is 25. The van der Waals surface area contributed by atoms with Gasteiger partial charge in [0.05, 0.1) is 32.0 Å². The van der Waals surface area contributed by atoms with E-state index in [-0.39, 0.29) is 11.5 Å². The van der Waals surface area contributed by atoms with Crippen molar-refractivity contribution in [1.82, 2.24) is 20.4 Å². The number of urea groups is 2. The Balaban J connectivity index is 1.38. The molecule has 2 N–H and O–H groups in total. The van der Waals surface area contributed by atoms with Gasteiger partial charge in [0.15, 0.2) is 0 Å². The number of esters is 2. The summed E-state index contributed by atoms with van der Waals surface area (Å²) >= 11 is 0. The smallest absolute Gasteiger partial charge is 0.338 e. The molecule has 2 aliphatic rings. The van der Waals surface area contributed by atoms with Crippen LogP contribution in [0.3, 0.4) is 0 Å². The van der Waals surface area contributed by atoms with Crippen LogP contribution in [0.2, 0.25) is 0 Å². The van der Waals surface area contributed by atoms with Crippen LogP contribution in [-0.4, -0.2) is 80.8 Å². The van der Waals surface area contributed by atoms with Crippen molar-refractivity contribution >= 4 is 24.0 Å². The number of aryl methyl sites for hydroxylation is 1. The fraction of sp³-hybridized carbons (Fsp3) is 0.625. The summed E-state index contributed by atoms with van der Waals surface area (Å²) < 4.78 is 16.3. The molecular weight excluding hydrogens is 745 g/mol. The molecule has 2 aromatic rings. The molecule has 0 aliphatic carbocycles. The molecule has 0 saturated carbocycles. The highest BCUT2D eigenvalue weighted by Gasteiger charge is 2.44. The van der Waals surface area contributed by atoms with E-state index in [0.717, 1.165) is 68.6 Å². The lowest BCUT2D eigenvalue weighted by molar-refractivity contribution is -0.136.